The number of halogens is 2. The largest absolute Gasteiger partial charge is 0.480 e. The molecule has 1 saturated heterocycles. The van der Waals surface area contributed by atoms with Crippen LogP contribution >= 0.6 is 47.3 Å². The van der Waals surface area contributed by atoms with Gasteiger partial charge in [0.15, 0.2) is 0 Å². The van der Waals surface area contributed by atoms with Crippen molar-refractivity contribution in [3.8, 4) is 0 Å². The number of hydrogen-bond donors (Lipinski definition) is 1. The molecule has 1 aromatic rings. The molecule has 0 aliphatic carbocycles. The number of hydrogen-bond acceptors (Lipinski definition) is 5. The van der Waals surface area contributed by atoms with Crippen LogP contribution in [0.25, 0.3) is 6.08 Å². The molecular weight excluding hydrogens is 393 g/mol. The van der Waals surface area contributed by atoms with Crippen LogP contribution in [0.3, 0.4) is 0 Å². The number of benzene rings is 1. The van der Waals surface area contributed by atoms with E-state index in [0.29, 0.717) is 5.75 Å². The molecule has 0 aromatic heterocycles. The molecule has 0 radical (unpaired) electrons. The van der Waals surface area contributed by atoms with Gasteiger partial charge in [0.25, 0.3) is 5.91 Å². The molecule has 24 heavy (non-hydrogen) atoms. The second-order valence-corrected chi connectivity index (χ2v) is 7.89. The SMILES string of the molecule is CSCC[C@@H](C(=O)O)N1C(=O)/C(=C/c2c(F)cccc2Cl)SC1=S. The molecular formula is C15H13ClFNO3S3. The number of nitrogens with zero attached hydrogens (tertiary/aromatic N) is 1. The lowest BCUT2D eigenvalue weighted by molar-refractivity contribution is -0.145. The Kier molecular flexibility index (Phi) is 6.68. The molecule has 9 heteroatoms. The normalized spacial score (nSPS) is 17.6. The lowest BCUT2D eigenvalue weighted by Gasteiger charge is -2.22. The summed E-state index contributed by atoms with van der Waals surface area (Å²) < 4.78 is 14.0. The monoisotopic (exact) mass is 405 g/mol. The Morgan fingerprint density at radius 2 is 2.29 bits per heavy atom. The van der Waals surface area contributed by atoms with Gasteiger partial charge < -0.3 is 5.11 Å². The maximum absolute atomic E-state index is 13.9. The van der Waals surface area contributed by atoms with Crippen molar-refractivity contribution < 1.29 is 19.1 Å². The lowest BCUT2D eigenvalue weighted by Crippen LogP contribution is -2.44. The number of thioether (sulfide) groups is 2. The number of thiocarbonyl (C=S) groups is 1. The highest BCUT2D eigenvalue weighted by Gasteiger charge is 2.40. The predicted molar refractivity (Wildman–Crippen MR) is 101 cm³/mol. The Hall–Kier alpha value is -1.09. The van der Waals surface area contributed by atoms with Gasteiger partial charge in [0, 0.05) is 5.56 Å². The average Bonchev–Trinajstić information content (AvgIpc) is 2.79. The molecule has 0 bridgehead atoms. The third-order valence-electron chi connectivity index (χ3n) is 3.29. The molecule has 1 amide bonds. The summed E-state index contributed by atoms with van der Waals surface area (Å²) in [6.45, 7) is 0. The molecule has 2 rings (SSSR count). The van der Waals surface area contributed by atoms with Crippen molar-refractivity contribution >= 4 is 69.6 Å². The summed E-state index contributed by atoms with van der Waals surface area (Å²) in [5, 5.41) is 9.55. The lowest BCUT2D eigenvalue weighted by atomic mass is 10.1. The van der Waals surface area contributed by atoms with Gasteiger partial charge in [0.1, 0.15) is 16.2 Å². The first-order chi connectivity index (χ1) is 11.4. The zero-order chi connectivity index (χ0) is 17.9. The zero-order valence-corrected chi connectivity index (χ0v) is 15.7. The van der Waals surface area contributed by atoms with Gasteiger partial charge in [-0.2, -0.15) is 11.8 Å². The van der Waals surface area contributed by atoms with E-state index in [4.69, 9.17) is 23.8 Å². The molecule has 1 N–H and O–H groups in total. The topological polar surface area (TPSA) is 57.6 Å². The van der Waals surface area contributed by atoms with Gasteiger partial charge in [0.2, 0.25) is 0 Å². The van der Waals surface area contributed by atoms with E-state index in [2.05, 4.69) is 0 Å². The van der Waals surface area contributed by atoms with Crippen LogP contribution in [-0.4, -0.2) is 44.3 Å². The van der Waals surface area contributed by atoms with E-state index in [-0.39, 0.29) is 26.2 Å². The smallest absolute Gasteiger partial charge is 0.326 e. The third kappa shape index (κ3) is 4.11. The first kappa shape index (κ1) is 19.2. The first-order valence-corrected chi connectivity index (χ1v) is 9.79. The summed E-state index contributed by atoms with van der Waals surface area (Å²) in [5.41, 5.74) is 0.0793. The summed E-state index contributed by atoms with van der Waals surface area (Å²) in [5.74, 6) is -1.65. The van der Waals surface area contributed by atoms with Crippen molar-refractivity contribution in [2.45, 2.75) is 12.5 Å². The van der Waals surface area contributed by atoms with Crippen molar-refractivity contribution in [1.82, 2.24) is 4.90 Å². The van der Waals surface area contributed by atoms with E-state index in [1.54, 1.807) is 0 Å². The van der Waals surface area contributed by atoms with E-state index in [1.165, 1.54) is 36.0 Å². The molecule has 0 spiro atoms. The summed E-state index contributed by atoms with van der Waals surface area (Å²) in [6.07, 6.45) is 3.43. The number of carboxylic acids is 1. The van der Waals surface area contributed by atoms with Gasteiger partial charge in [-0.1, -0.05) is 41.6 Å². The van der Waals surface area contributed by atoms with Crippen LogP contribution in [0.4, 0.5) is 4.39 Å². The minimum Gasteiger partial charge on any atom is -0.480 e. The Morgan fingerprint density at radius 1 is 1.58 bits per heavy atom. The molecule has 1 aromatic carbocycles. The number of rotatable bonds is 6. The number of carbonyl (C=O) groups is 2. The Labute approximate surface area is 157 Å². The molecule has 1 heterocycles. The molecule has 0 unspecified atom stereocenters. The second-order valence-electron chi connectivity index (χ2n) is 4.82. The third-order valence-corrected chi connectivity index (χ3v) is 5.59. The minimum atomic E-state index is -1.12. The Morgan fingerprint density at radius 3 is 2.88 bits per heavy atom. The van der Waals surface area contributed by atoms with E-state index >= 15 is 0 Å². The highest BCUT2D eigenvalue weighted by Crippen LogP contribution is 2.36. The van der Waals surface area contributed by atoms with Crippen LogP contribution in [0.1, 0.15) is 12.0 Å². The van der Waals surface area contributed by atoms with Crippen LogP contribution in [-0.2, 0) is 9.59 Å². The van der Waals surface area contributed by atoms with Crippen molar-refractivity contribution in [2.24, 2.45) is 0 Å². The highest BCUT2D eigenvalue weighted by atomic mass is 35.5. The fourth-order valence-corrected chi connectivity index (χ4v) is 4.14. The number of carbonyl (C=O) groups excluding carboxylic acids is 1. The summed E-state index contributed by atoms with van der Waals surface area (Å²) >= 11 is 13.5. The molecule has 0 saturated carbocycles. The van der Waals surface area contributed by atoms with E-state index in [1.807, 2.05) is 6.26 Å². The summed E-state index contributed by atoms with van der Waals surface area (Å²) in [4.78, 5) is 25.3. The van der Waals surface area contributed by atoms with E-state index in [9.17, 15) is 19.1 Å². The molecule has 1 atom stereocenters. The van der Waals surface area contributed by atoms with Crippen LogP contribution in [0.15, 0.2) is 23.1 Å². The van der Waals surface area contributed by atoms with Crippen LogP contribution in [0, 0.1) is 5.82 Å². The van der Waals surface area contributed by atoms with Crippen LogP contribution in [0.2, 0.25) is 5.02 Å². The second kappa shape index (κ2) is 8.33. The van der Waals surface area contributed by atoms with Gasteiger partial charge in [-0.05, 0) is 36.6 Å². The van der Waals surface area contributed by atoms with E-state index in [0.717, 1.165) is 16.7 Å². The molecule has 1 fully saturated rings. The van der Waals surface area contributed by atoms with Crippen molar-refractivity contribution in [1.29, 1.82) is 0 Å². The standard InChI is InChI=1S/C15H13ClFNO3S3/c1-23-6-5-11(14(20)21)18-13(19)12(24-15(18)22)7-8-9(16)3-2-4-10(8)17/h2-4,7,11H,5-6H2,1H3,(H,20,21)/b12-7-/t11-/m0/s1. The van der Waals surface area contributed by atoms with Gasteiger partial charge in [-0.25, -0.2) is 9.18 Å². The van der Waals surface area contributed by atoms with Crippen molar-refractivity contribution in [3.05, 3.63) is 39.5 Å². The predicted octanol–water partition coefficient (Wildman–Crippen LogP) is 3.89. The quantitative estimate of drug-likeness (QED) is 0.572. The fraction of sp³-hybridized carbons (Fsp3) is 0.267. The zero-order valence-electron chi connectivity index (χ0n) is 12.5. The van der Waals surface area contributed by atoms with Crippen molar-refractivity contribution in [2.75, 3.05) is 12.0 Å². The van der Waals surface area contributed by atoms with Gasteiger partial charge >= 0.3 is 5.97 Å². The van der Waals surface area contributed by atoms with Crippen LogP contribution in [0.5, 0.6) is 0 Å². The van der Waals surface area contributed by atoms with Crippen LogP contribution < -0.4 is 0 Å². The van der Waals surface area contributed by atoms with E-state index < -0.39 is 23.7 Å². The highest BCUT2D eigenvalue weighted by molar-refractivity contribution is 8.26. The summed E-state index contributed by atoms with van der Waals surface area (Å²) in [6, 6.07) is 3.17. The minimum absolute atomic E-state index is 0.0793. The first-order valence-electron chi connectivity index (χ1n) is 6.79. The van der Waals surface area contributed by atoms with Gasteiger partial charge in [-0.15, -0.1) is 0 Å². The Balaban J connectivity index is 2.34. The number of amides is 1. The molecule has 1 aliphatic rings. The fourth-order valence-electron chi connectivity index (χ4n) is 2.12. The van der Waals surface area contributed by atoms with Crippen molar-refractivity contribution in [3.63, 3.8) is 0 Å². The van der Waals surface area contributed by atoms with Gasteiger partial charge in [0.05, 0.1) is 9.93 Å². The molecule has 1 aliphatic heterocycles. The number of carboxylic acid groups (broad SMARTS) is 1. The maximum atomic E-state index is 13.9. The van der Waals surface area contributed by atoms with Gasteiger partial charge in [-0.3, -0.25) is 9.69 Å². The average molecular weight is 406 g/mol. The summed E-state index contributed by atoms with van der Waals surface area (Å²) in [7, 11) is 0. The Bertz CT molecular complexity index is 706. The molecule has 128 valence electrons. The maximum Gasteiger partial charge on any atom is 0.326 e. The molecule has 4 nitrogen and oxygen atoms in total. The number of aliphatic carboxylic acids is 1.